The van der Waals surface area contributed by atoms with Gasteiger partial charge in [-0.1, -0.05) is 6.92 Å². The highest BCUT2D eigenvalue weighted by Gasteiger charge is 1.96. The molecule has 90 valence electrons. The molecule has 1 rings (SSSR count). The molecule has 0 bridgehead atoms. The van der Waals surface area contributed by atoms with Crippen LogP contribution in [-0.2, 0) is 6.42 Å². The fourth-order valence-electron chi connectivity index (χ4n) is 1.27. The van der Waals surface area contributed by atoms with Gasteiger partial charge in [-0.25, -0.2) is 10.8 Å². The van der Waals surface area contributed by atoms with Gasteiger partial charge in [0.1, 0.15) is 5.82 Å². The summed E-state index contributed by atoms with van der Waals surface area (Å²) in [4.78, 5) is 11.5. The predicted molar refractivity (Wildman–Crippen MR) is 64.8 cm³/mol. The molecule has 1 heterocycles. The van der Waals surface area contributed by atoms with Gasteiger partial charge in [0.05, 0.1) is 0 Å². The lowest BCUT2D eigenvalue weighted by atomic mass is 10.3. The molecule has 0 aliphatic carbocycles. The Bertz CT molecular complexity index is 292. The number of H-pyrrole nitrogens is 1. The van der Waals surface area contributed by atoms with E-state index < -0.39 is 0 Å². The lowest BCUT2D eigenvalue weighted by Gasteiger charge is -2.08. The van der Waals surface area contributed by atoms with Crippen molar-refractivity contribution in [1.29, 1.82) is 0 Å². The Hall–Kier alpha value is -1.56. The van der Waals surface area contributed by atoms with E-state index in [4.69, 9.17) is 5.84 Å². The van der Waals surface area contributed by atoms with E-state index in [-0.39, 0.29) is 0 Å². The molecular weight excluding hydrogens is 204 g/mol. The van der Waals surface area contributed by atoms with Crippen LogP contribution in [0.3, 0.4) is 0 Å². The van der Waals surface area contributed by atoms with Crippen LogP contribution in [0.2, 0.25) is 0 Å². The number of rotatable bonds is 6. The van der Waals surface area contributed by atoms with E-state index in [1.165, 1.54) is 0 Å². The molecule has 0 saturated heterocycles. The fourth-order valence-corrected chi connectivity index (χ4v) is 1.27. The van der Waals surface area contributed by atoms with Crippen molar-refractivity contribution in [2.75, 3.05) is 13.1 Å². The highest BCUT2D eigenvalue weighted by atomic mass is 15.3. The summed E-state index contributed by atoms with van der Waals surface area (Å²) >= 11 is 0. The highest BCUT2D eigenvalue weighted by molar-refractivity contribution is 5.79. The maximum atomic E-state index is 5.33. The molecule has 0 aromatic carbocycles. The van der Waals surface area contributed by atoms with Crippen LogP contribution in [0.15, 0.2) is 17.4 Å². The summed E-state index contributed by atoms with van der Waals surface area (Å²) < 4.78 is 0. The second-order valence-electron chi connectivity index (χ2n) is 3.44. The number of aromatic amines is 1. The second-order valence-corrected chi connectivity index (χ2v) is 3.44. The quantitative estimate of drug-likeness (QED) is 0.182. The maximum absolute atomic E-state index is 5.33. The van der Waals surface area contributed by atoms with E-state index >= 15 is 0 Å². The number of aromatic nitrogens is 2. The lowest BCUT2D eigenvalue weighted by molar-refractivity contribution is 0.726. The van der Waals surface area contributed by atoms with Gasteiger partial charge in [0, 0.05) is 31.9 Å². The van der Waals surface area contributed by atoms with Crippen LogP contribution in [0.25, 0.3) is 0 Å². The summed E-state index contributed by atoms with van der Waals surface area (Å²) in [5, 5.41) is 3.14. The fraction of sp³-hybridized carbons (Fsp3) is 0.600. The summed E-state index contributed by atoms with van der Waals surface area (Å²) in [6, 6.07) is 0. The van der Waals surface area contributed by atoms with Gasteiger partial charge in [-0.3, -0.25) is 10.4 Å². The lowest BCUT2D eigenvalue weighted by Crippen LogP contribution is -2.42. The first-order valence-corrected chi connectivity index (χ1v) is 5.60. The third-order valence-corrected chi connectivity index (χ3v) is 2.07. The smallest absolute Gasteiger partial charge is 0.205 e. The topological polar surface area (TPSA) is 91.1 Å². The molecule has 0 aliphatic rings. The second kappa shape index (κ2) is 7.70. The van der Waals surface area contributed by atoms with Crippen LogP contribution in [0.4, 0.5) is 0 Å². The molecule has 1 aromatic heterocycles. The summed E-state index contributed by atoms with van der Waals surface area (Å²) in [5.74, 6) is 6.99. The van der Waals surface area contributed by atoms with Gasteiger partial charge < -0.3 is 10.3 Å². The van der Waals surface area contributed by atoms with Crippen molar-refractivity contribution in [1.82, 2.24) is 20.7 Å². The number of hydrogen-bond donors (Lipinski definition) is 4. The average molecular weight is 224 g/mol. The maximum Gasteiger partial charge on any atom is 0.205 e. The van der Waals surface area contributed by atoms with Gasteiger partial charge in [0.2, 0.25) is 5.96 Å². The van der Waals surface area contributed by atoms with Crippen molar-refractivity contribution in [3.05, 3.63) is 18.2 Å². The molecule has 0 amide bonds. The first kappa shape index (κ1) is 12.5. The van der Waals surface area contributed by atoms with Crippen molar-refractivity contribution in [2.24, 2.45) is 10.8 Å². The molecule has 0 fully saturated rings. The van der Waals surface area contributed by atoms with Crippen molar-refractivity contribution >= 4 is 5.96 Å². The summed E-state index contributed by atoms with van der Waals surface area (Å²) in [6.07, 6.45) is 6.52. The first-order chi connectivity index (χ1) is 7.86. The molecule has 0 saturated carbocycles. The number of aliphatic imine (C=N–C) groups is 1. The molecule has 6 heteroatoms. The minimum absolute atomic E-state index is 0.654. The third-order valence-electron chi connectivity index (χ3n) is 2.07. The van der Waals surface area contributed by atoms with Crippen LogP contribution in [-0.4, -0.2) is 29.0 Å². The Balaban J connectivity index is 2.13. The van der Waals surface area contributed by atoms with Gasteiger partial charge in [-0.2, -0.15) is 0 Å². The molecule has 0 atom stereocenters. The van der Waals surface area contributed by atoms with Gasteiger partial charge in [-0.15, -0.1) is 0 Å². The van der Waals surface area contributed by atoms with E-state index in [9.17, 15) is 0 Å². The van der Waals surface area contributed by atoms with Crippen molar-refractivity contribution < 1.29 is 0 Å². The van der Waals surface area contributed by atoms with Crippen molar-refractivity contribution in [2.45, 2.75) is 26.2 Å². The number of nitrogens with two attached hydrogens (primary N) is 1. The van der Waals surface area contributed by atoms with Gasteiger partial charge >= 0.3 is 0 Å². The van der Waals surface area contributed by atoms with Gasteiger partial charge in [0.25, 0.3) is 0 Å². The Labute approximate surface area is 95.7 Å². The normalized spacial score (nSPS) is 11.5. The number of aryl methyl sites for hydroxylation is 1. The Morgan fingerprint density at radius 1 is 1.62 bits per heavy atom. The third kappa shape index (κ3) is 4.79. The van der Waals surface area contributed by atoms with Crippen molar-refractivity contribution in [3.8, 4) is 0 Å². The number of hydrazine groups is 1. The Morgan fingerprint density at radius 2 is 2.50 bits per heavy atom. The zero-order chi connectivity index (χ0) is 11.6. The van der Waals surface area contributed by atoms with E-state index in [2.05, 4.69) is 32.6 Å². The predicted octanol–water partition coefficient (Wildman–Crippen LogP) is 0.161. The van der Waals surface area contributed by atoms with Crippen LogP contribution in [0.1, 0.15) is 25.6 Å². The molecule has 0 aliphatic heterocycles. The molecule has 5 N–H and O–H groups in total. The van der Waals surface area contributed by atoms with Gasteiger partial charge in [0.15, 0.2) is 0 Å². The number of imidazole rings is 1. The van der Waals surface area contributed by atoms with E-state index in [0.717, 1.165) is 38.2 Å². The number of nitrogens with zero attached hydrogens (tertiary/aromatic N) is 2. The summed E-state index contributed by atoms with van der Waals surface area (Å²) in [6.45, 7) is 3.69. The number of guanidine groups is 1. The number of hydrogen-bond acceptors (Lipinski definition) is 3. The molecule has 6 nitrogen and oxygen atoms in total. The molecule has 0 unspecified atom stereocenters. The molecular formula is C10H20N6. The van der Waals surface area contributed by atoms with Crippen LogP contribution in [0, 0.1) is 0 Å². The molecule has 16 heavy (non-hydrogen) atoms. The summed E-state index contributed by atoms with van der Waals surface area (Å²) in [5.41, 5.74) is 2.55. The number of nitrogens with one attached hydrogen (secondary N) is 3. The minimum Gasteiger partial charge on any atom is -0.355 e. The van der Waals surface area contributed by atoms with Crippen molar-refractivity contribution in [3.63, 3.8) is 0 Å². The van der Waals surface area contributed by atoms with Crippen LogP contribution in [0.5, 0.6) is 0 Å². The van der Waals surface area contributed by atoms with Gasteiger partial charge in [-0.05, 0) is 12.8 Å². The largest absolute Gasteiger partial charge is 0.355 e. The highest BCUT2D eigenvalue weighted by Crippen LogP contribution is 1.93. The van der Waals surface area contributed by atoms with Crippen LogP contribution < -0.4 is 16.6 Å². The zero-order valence-electron chi connectivity index (χ0n) is 9.66. The first-order valence-electron chi connectivity index (χ1n) is 5.60. The SMILES string of the molecule is CCCN=C(NN)NCCCc1ncc[nH]1. The summed E-state index contributed by atoms with van der Waals surface area (Å²) in [7, 11) is 0. The molecule has 1 aromatic rings. The standard InChI is InChI=1S/C10H20N6/c1-2-5-14-10(16-11)15-6-3-4-9-12-7-8-13-9/h7-8H,2-6,11H2,1H3,(H,12,13)(H2,14,15,16). The van der Waals surface area contributed by atoms with E-state index in [1.54, 1.807) is 6.20 Å². The monoisotopic (exact) mass is 224 g/mol. The molecule has 0 radical (unpaired) electrons. The Kier molecular flexibility index (Phi) is 6.02. The zero-order valence-corrected chi connectivity index (χ0v) is 9.66. The molecule has 0 spiro atoms. The van der Waals surface area contributed by atoms with E-state index in [1.807, 2.05) is 6.20 Å². The van der Waals surface area contributed by atoms with E-state index in [0.29, 0.717) is 5.96 Å². The van der Waals surface area contributed by atoms with Crippen LogP contribution >= 0.6 is 0 Å². The average Bonchev–Trinajstić information content (AvgIpc) is 2.81. The minimum atomic E-state index is 0.654. The Morgan fingerprint density at radius 3 is 3.12 bits per heavy atom.